The summed E-state index contributed by atoms with van der Waals surface area (Å²) in [5.74, 6) is -1.89. The minimum Gasteiger partial charge on any atom is -0.481 e. The lowest BCUT2D eigenvalue weighted by atomic mass is 10.1. The summed E-state index contributed by atoms with van der Waals surface area (Å²) in [5, 5.41) is 8.67. The summed E-state index contributed by atoms with van der Waals surface area (Å²) in [6.07, 6.45) is 1.18. The fourth-order valence-corrected chi connectivity index (χ4v) is 0.885. The lowest BCUT2D eigenvalue weighted by Gasteiger charge is -2.07. The van der Waals surface area contributed by atoms with Crippen LogP contribution in [-0.4, -0.2) is 16.1 Å². The van der Waals surface area contributed by atoms with Crippen molar-refractivity contribution in [2.45, 2.75) is 32.4 Å². The standard InChI is InChI=1S/C9H12FNO3/c1-5(7(12)13)6-4-14-8(11-6)9(2,3)10/h4-5H,1-3H3,(H,12,13). The van der Waals surface area contributed by atoms with Crippen LogP contribution in [0.3, 0.4) is 0 Å². The topological polar surface area (TPSA) is 63.3 Å². The largest absolute Gasteiger partial charge is 0.481 e. The predicted molar refractivity (Wildman–Crippen MR) is 46.7 cm³/mol. The van der Waals surface area contributed by atoms with E-state index in [9.17, 15) is 9.18 Å². The third-order valence-electron chi connectivity index (χ3n) is 1.84. The van der Waals surface area contributed by atoms with Gasteiger partial charge in [0, 0.05) is 0 Å². The van der Waals surface area contributed by atoms with Crippen LogP contribution < -0.4 is 0 Å². The highest BCUT2D eigenvalue weighted by molar-refractivity contribution is 5.74. The van der Waals surface area contributed by atoms with Crippen molar-refractivity contribution in [3.8, 4) is 0 Å². The van der Waals surface area contributed by atoms with Crippen molar-refractivity contribution in [3.63, 3.8) is 0 Å². The zero-order valence-electron chi connectivity index (χ0n) is 8.24. The van der Waals surface area contributed by atoms with Crippen LogP contribution in [0, 0.1) is 0 Å². The first-order valence-electron chi connectivity index (χ1n) is 4.20. The molecule has 0 amide bonds. The van der Waals surface area contributed by atoms with E-state index in [1.54, 1.807) is 0 Å². The van der Waals surface area contributed by atoms with Gasteiger partial charge in [-0.3, -0.25) is 4.79 Å². The van der Waals surface area contributed by atoms with Gasteiger partial charge in [-0.15, -0.1) is 0 Å². The number of carboxylic acids is 1. The molecule has 1 atom stereocenters. The summed E-state index contributed by atoms with van der Waals surface area (Å²) in [7, 11) is 0. The average molecular weight is 201 g/mol. The maximum Gasteiger partial charge on any atom is 0.312 e. The molecule has 0 radical (unpaired) electrons. The second-order valence-corrected chi connectivity index (χ2v) is 3.61. The van der Waals surface area contributed by atoms with Crippen LogP contribution in [0.2, 0.25) is 0 Å². The third kappa shape index (κ3) is 2.10. The van der Waals surface area contributed by atoms with E-state index >= 15 is 0 Å². The molecular weight excluding hydrogens is 189 g/mol. The Bertz CT molecular complexity index is 340. The normalized spacial score (nSPS) is 14.0. The van der Waals surface area contributed by atoms with E-state index < -0.39 is 17.6 Å². The Balaban J connectivity index is 2.94. The van der Waals surface area contributed by atoms with E-state index in [-0.39, 0.29) is 11.6 Å². The van der Waals surface area contributed by atoms with Gasteiger partial charge in [0.2, 0.25) is 5.89 Å². The second kappa shape index (κ2) is 3.40. The molecule has 0 aliphatic rings. The highest BCUT2D eigenvalue weighted by atomic mass is 19.1. The van der Waals surface area contributed by atoms with Crippen LogP contribution in [0.5, 0.6) is 0 Å². The number of hydrogen-bond acceptors (Lipinski definition) is 3. The van der Waals surface area contributed by atoms with Crippen molar-refractivity contribution < 1.29 is 18.7 Å². The maximum atomic E-state index is 13.3. The van der Waals surface area contributed by atoms with Crippen molar-refractivity contribution in [1.29, 1.82) is 0 Å². The van der Waals surface area contributed by atoms with E-state index in [0.29, 0.717) is 0 Å². The molecule has 0 aliphatic heterocycles. The zero-order valence-corrected chi connectivity index (χ0v) is 8.24. The molecule has 78 valence electrons. The average Bonchev–Trinajstić information content (AvgIpc) is 2.49. The fourth-order valence-electron chi connectivity index (χ4n) is 0.885. The van der Waals surface area contributed by atoms with Crippen LogP contribution in [0.25, 0.3) is 0 Å². The van der Waals surface area contributed by atoms with Crippen LogP contribution in [-0.2, 0) is 10.5 Å². The molecule has 1 heterocycles. The van der Waals surface area contributed by atoms with Gasteiger partial charge in [-0.1, -0.05) is 0 Å². The summed E-state index contributed by atoms with van der Waals surface area (Å²) < 4.78 is 18.1. The summed E-state index contributed by atoms with van der Waals surface area (Å²) in [6, 6.07) is 0. The molecule has 1 N–H and O–H groups in total. The number of carbonyl (C=O) groups is 1. The molecule has 0 bridgehead atoms. The van der Waals surface area contributed by atoms with Gasteiger partial charge in [-0.25, -0.2) is 9.37 Å². The molecule has 0 saturated heterocycles. The molecule has 1 unspecified atom stereocenters. The molecule has 5 heteroatoms. The Morgan fingerprint density at radius 2 is 2.29 bits per heavy atom. The predicted octanol–water partition coefficient (Wildman–Crippen LogP) is 2.07. The molecule has 0 fully saturated rings. The Labute approximate surface area is 80.8 Å². The van der Waals surface area contributed by atoms with Gasteiger partial charge in [0.05, 0.1) is 11.6 Å². The minimum atomic E-state index is -1.68. The number of aromatic nitrogens is 1. The number of halogens is 1. The van der Waals surface area contributed by atoms with Crippen LogP contribution in [0.15, 0.2) is 10.7 Å². The molecule has 14 heavy (non-hydrogen) atoms. The monoisotopic (exact) mass is 201 g/mol. The lowest BCUT2D eigenvalue weighted by molar-refractivity contribution is -0.138. The molecule has 1 aromatic rings. The fraction of sp³-hybridized carbons (Fsp3) is 0.556. The number of nitrogens with zero attached hydrogens (tertiary/aromatic N) is 1. The molecule has 0 aromatic carbocycles. The third-order valence-corrected chi connectivity index (χ3v) is 1.84. The molecule has 1 rings (SSSR count). The molecule has 0 saturated carbocycles. The van der Waals surface area contributed by atoms with Gasteiger partial charge in [0.15, 0.2) is 5.67 Å². The number of carboxylic acid groups (broad SMARTS) is 1. The Morgan fingerprint density at radius 1 is 1.71 bits per heavy atom. The molecular formula is C9H12FNO3. The second-order valence-electron chi connectivity index (χ2n) is 3.61. The number of hydrogen-bond donors (Lipinski definition) is 1. The summed E-state index contributed by atoms with van der Waals surface area (Å²) in [6.45, 7) is 4.07. The van der Waals surface area contributed by atoms with Gasteiger partial charge in [-0.05, 0) is 20.8 Å². The first-order valence-corrected chi connectivity index (χ1v) is 4.20. The summed E-state index contributed by atoms with van der Waals surface area (Å²) >= 11 is 0. The Kier molecular flexibility index (Phi) is 2.59. The number of alkyl halides is 1. The van der Waals surface area contributed by atoms with E-state index in [4.69, 9.17) is 9.52 Å². The first kappa shape index (κ1) is 10.7. The highest BCUT2D eigenvalue weighted by Crippen LogP contribution is 2.25. The Hall–Kier alpha value is -1.39. The van der Waals surface area contributed by atoms with E-state index in [0.717, 1.165) is 0 Å². The smallest absolute Gasteiger partial charge is 0.312 e. The van der Waals surface area contributed by atoms with Crippen molar-refractivity contribution in [2.24, 2.45) is 0 Å². The van der Waals surface area contributed by atoms with Crippen LogP contribution in [0.4, 0.5) is 4.39 Å². The molecule has 0 aliphatic carbocycles. The van der Waals surface area contributed by atoms with Gasteiger partial charge in [0.1, 0.15) is 6.26 Å². The maximum absolute atomic E-state index is 13.3. The van der Waals surface area contributed by atoms with Gasteiger partial charge < -0.3 is 9.52 Å². The molecule has 1 aromatic heterocycles. The number of oxazole rings is 1. The van der Waals surface area contributed by atoms with Gasteiger partial charge in [-0.2, -0.15) is 0 Å². The van der Waals surface area contributed by atoms with E-state index in [2.05, 4.69) is 4.98 Å². The van der Waals surface area contributed by atoms with Crippen molar-refractivity contribution in [1.82, 2.24) is 4.98 Å². The molecule has 0 spiro atoms. The van der Waals surface area contributed by atoms with Crippen LogP contribution >= 0.6 is 0 Å². The van der Waals surface area contributed by atoms with Crippen molar-refractivity contribution in [3.05, 3.63) is 17.8 Å². The van der Waals surface area contributed by atoms with Gasteiger partial charge in [0.25, 0.3) is 0 Å². The van der Waals surface area contributed by atoms with Crippen molar-refractivity contribution >= 4 is 5.97 Å². The summed E-state index contributed by atoms with van der Waals surface area (Å²) in [4.78, 5) is 14.4. The highest BCUT2D eigenvalue weighted by Gasteiger charge is 2.27. The number of aliphatic carboxylic acids is 1. The van der Waals surface area contributed by atoms with Gasteiger partial charge >= 0.3 is 5.97 Å². The lowest BCUT2D eigenvalue weighted by Crippen LogP contribution is -2.11. The summed E-state index contributed by atoms with van der Waals surface area (Å²) in [5.41, 5.74) is -1.45. The zero-order chi connectivity index (χ0) is 10.9. The minimum absolute atomic E-state index is 0.0967. The molecule has 4 nitrogen and oxygen atoms in total. The Morgan fingerprint density at radius 3 is 2.64 bits per heavy atom. The van der Waals surface area contributed by atoms with Crippen LogP contribution in [0.1, 0.15) is 38.3 Å². The SMILES string of the molecule is CC(C(=O)O)c1coc(C(C)(C)F)n1. The quantitative estimate of drug-likeness (QED) is 0.813. The number of rotatable bonds is 3. The van der Waals surface area contributed by atoms with E-state index in [1.807, 2.05) is 0 Å². The van der Waals surface area contributed by atoms with E-state index in [1.165, 1.54) is 27.0 Å². The first-order chi connectivity index (χ1) is 6.32. The van der Waals surface area contributed by atoms with Crippen molar-refractivity contribution in [2.75, 3.05) is 0 Å².